The van der Waals surface area contributed by atoms with Crippen molar-refractivity contribution in [3.63, 3.8) is 0 Å². The molecule has 2 atom stereocenters. The molecule has 0 spiro atoms. The van der Waals surface area contributed by atoms with Crippen molar-refractivity contribution in [1.82, 2.24) is 9.80 Å². The van der Waals surface area contributed by atoms with Crippen LogP contribution in [-0.4, -0.2) is 59.6 Å². The summed E-state index contributed by atoms with van der Waals surface area (Å²) in [6, 6.07) is 0.501. The highest BCUT2D eigenvalue weighted by Gasteiger charge is 2.37. The standard InChI is InChI=1S/C12H22N2O2/c1-13-8-5-11(12(13)16)14-7-3-2-4-10(14)6-9-15/h10-11,15H,2-9H2,1H3/t10-,11+/m1/s1. The number of hydrogen-bond acceptors (Lipinski definition) is 3. The first-order valence-corrected chi connectivity index (χ1v) is 6.35. The van der Waals surface area contributed by atoms with Gasteiger partial charge < -0.3 is 10.0 Å². The van der Waals surface area contributed by atoms with E-state index in [1.807, 2.05) is 11.9 Å². The van der Waals surface area contributed by atoms with Crippen LogP contribution in [0.2, 0.25) is 0 Å². The lowest BCUT2D eigenvalue weighted by atomic mass is 9.97. The summed E-state index contributed by atoms with van der Waals surface area (Å²) >= 11 is 0. The molecule has 0 aromatic heterocycles. The Kier molecular flexibility index (Phi) is 3.82. The first-order chi connectivity index (χ1) is 7.74. The zero-order valence-electron chi connectivity index (χ0n) is 10.1. The van der Waals surface area contributed by atoms with E-state index in [0.717, 1.165) is 32.4 Å². The lowest BCUT2D eigenvalue weighted by Gasteiger charge is -2.38. The summed E-state index contributed by atoms with van der Waals surface area (Å²) in [6.07, 6.45) is 5.33. The van der Waals surface area contributed by atoms with Crippen LogP contribution in [0.15, 0.2) is 0 Å². The number of piperidine rings is 1. The Bertz CT molecular complexity index is 255. The maximum atomic E-state index is 12.0. The normalized spacial score (nSPS) is 32.4. The van der Waals surface area contributed by atoms with Crippen molar-refractivity contribution >= 4 is 5.91 Å². The van der Waals surface area contributed by atoms with Gasteiger partial charge >= 0.3 is 0 Å². The van der Waals surface area contributed by atoms with Crippen LogP contribution < -0.4 is 0 Å². The predicted octanol–water partition coefficient (Wildman–Crippen LogP) is 0.454. The van der Waals surface area contributed by atoms with E-state index in [0.29, 0.717) is 6.04 Å². The summed E-state index contributed by atoms with van der Waals surface area (Å²) in [5.41, 5.74) is 0. The largest absolute Gasteiger partial charge is 0.396 e. The molecule has 4 heteroatoms. The van der Waals surface area contributed by atoms with E-state index >= 15 is 0 Å². The van der Waals surface area contributed by atoms with Gasteiger partial charge in [0.2, 0.25) is 5.91 Å². The highest BCUT2D eigenvalue weighted by Crippen LogP contribution is 2.26. The molecular weight excluding hydrogens is 204 g/mol. The average molecular weight is 226 g/mol. The van der Waals surface area contributed by atoms with E-state index in [1.165, 1.54) is 12.8 Å². The van der Waals surface area contributed by atoms with E-state index in [1.54, 1.807) is 0 Å². The second-order valence-electron chi connectivity index (χ2n) is 4.96. The highest BCUT2D eigenvalue weighted by molar-refractivity contribution is 5.83. The molecule has 92 valence electrons. The van der Waals surface area contributed by atoms with Gasteiger partial charge in [0, 0.05) is 26.2 Å². The number of likely N-dealkylation sites (tertiary alicyclic amines) is 2. The van der Waals surface area contributed by atoms with Crippen LogP contribution in [0.1, 0.15) is 32.1 Å². The van der Waals surface area contributed by atoms with E-state index in [4.69, 9.17) is 5.11 Å². The van der Waals surface area contributed by atoms with Crippen molar-refractivity contribution in [3.8, 4) is 0 Å². The Hall–Kier alpha value is -0.610. The van der Waals surface area contributed by atoms with Crippen LogP contribution >= 0.6 is 0 Å². The SMILES string of the molecule is CN1CC[C@H](N2CCCC[C@@H]2CCO)C1=O. The van der Waals surface area contributed by atoms with Crippen molar-refractivity contribution in [3.05, 3.63) is 0 Å². The molecule has 0 aromatic carbocycles. The van der Waals surface area contributed by atoms with Gasteiger partial charge in [0.1, 0.15) is 0 Å². The van der Waals surface area contributed by atoms with Crippen molar-refractivity contribution < 1.29 is 9.90 Å². The van der Waals surface area contributed by atoms with E-state index < -0.39 is 0 Å². The molecule has 2 aliphatic heterocycles. The number of nitrogens with zero attached hydrogens (tertiary/aromatic N) is 2. The molecule has 0 unspecified atom stereocenters. The third-order valence-corrected chi connectivity index (χ3v) is 3.93. The fourth-order valence-electron chi connectivity index (χ4n) is 3.00. The Morgan fingerprint density at radius 2 is 2.12 bits per heavy atom. The number of rotatable bonds is 3. The summed E-state index contributed by atoms with van der Waals surface area (Å²) in [4.78, 5) is 16.1. The minimum Gasteiger partial charge on any atom is -0.396 e. The predicted molar refractivity (Wildman–Crippen MR) is 62.1 cm³/mol. The molecule has 2 saturated heterocycles. The van der Waals surface area contributed by atoms with Crippen LogP contribution in [0.5, 0.6) is 0 Å². The van der Waals surface area contributed by atoms with Gasteiger partial charge in [-0.05, 0) is 32.2 Å². The fourth-order valence-corrected chi connectivity index (χ4v) is 3.00. The van der Waals surface area contributed by atoms with Crippen LogP contribution in [0.25, 0.3) is 0 Å². The molecule has 2 fully saturated rings. The number of carbonyl (C=O) groups is 1. The fraction of sp³-hybridized carbons (Fsp3) is 0.917. The van der Waals surface area contributed by atoms with Crippen LogP contribution in [0.3, 0.4) is 0 Å². The molecule has 1 N–H and O–H groups in total. The second-order valence-corrected chi connectivity index (χ2v) is 4.96. The molecule has 2 aliphatic rings. The minimum absolute atomic E-state index is 0.0850. The van der Waals surface area contributed by atoms with Gasteiger partial charge in [0.15, 0.2) is 0 Å². The molecule has 0 saturated carbocycles. The Balaban J connectivity index is 2.02. The molecule has 16 heavy (non-hydrogen) atoms. The number of aliphatic hydroxyl groups is 1. The number of carbonyl (C=O) groups excluding carboxylic acids is 1. The molecule has 1 amide bonds. The van der Waals surface area contributed by atoms with Gasteiger partial charge in [-0.25, -0.2) is 0 Å². The zero-order chi connectivity index (χ0) is 11.5. The summed E-state index contributed by atoms with van der Waals surface area (Å²) < 4.78 is 0. The summed E-state index contributed by atoms with van der Waals surface area (Å²) in [6.45, 7) is 2.14. The molecule has 0 aromatic rings. The Labute approximate surface area is 97.2 Å². The quantitative estimate of drug-likeness (QED) is 0.760. The first-order valence-electron chi connectivity index (χ1n) is 6.35. The lowest BCUT2D eigenvalue weighted by molar-refractivity contribution is -0.132. The lowest BCUT2D eigenvalue weighted by Crippen LogP contribution is -2.49. The van der Waals surface area contributed by atoms with Crippen molar-refractivity contribution in [2.75, 3.05) is 26.7 Å². The van der Waals surface area contributed by atoms with Gasteiger partial charge in [-0.3, -0.25) is 9.69 Å². The molecule has 0 aliphatic carbocycles. The maximum Gasteiger partial charge on any atom is 0.239 e. The van der Waals surface area contributed by atoms with Gasteiger partial charge in [0.05, 0.1) is 6.04 Å². The third kappa shape index (κ3) is 2.23. The Morgan fingerprint density at radius 3 is 2.75 bits per heavy atom. The molecule has 2 heterocycles. The first kappa shape index (κ1) is 11.9. The second kappa shape index (κ2) is 5.15. The molecule has 4 nitrogen and oxygen atoms in total. The number of likely N-dealkylation sites (N-methyl/N-ethyl adjacent to an activating group) is 1. The smallest absolute Gasteiger partial charge is 0.239 e. The summed E-state index contributed by atoms with van der Waals surface area (Å²) in [5.74, 6) is 0.268. The molecular formula is C12H22N2O2. The van der Waals surface area contributed by atoms with Gasteiger partial charge in [-0.2, -0.15) is 0 Å². The number of aliphatic hydroxyl groups excluding tert-OH is 1. The van der Waals surface area contributed by atoms with Gasteiger partial charge in [-0.15, -0.1) is 0 Å². The highest BCUT2D eigenvalue weighted by atomic mass is 16.3. The van der Waals surface area contributed by atoms with E-state index in [9.17, 15) is 4.79 Å². The Morgan fingerprint density at radius 1 is 1.31 bits per heavy atom. The molecule has 2 rings (SSSR count). The number of amides is 1. The summed E-state index contributed by atoms with van der Waals surface area (Å²) in [5, 5.41) is 9.07. The van der Waals surface area contributed by atoms with Crippen LogP contribution in [0.4, 0.5) is 0 Å². The monoisotopic (exact) mass is 226 g/mol. The molecule has 0 radical (unpaired) electrons. The maximum absolute atomic E-state index is 12.0. The third-order valence-electron chi connectivity index (χ3n) is 3.93. The van der Waals surface area contributed by atoms with Crippen molar-refractivity contribution in [1.29, 1.82) is 0 Å². The number of hydrogen-bond donors (Lipinski definition) is 1. The van der Waals surface area contributed by atoms with Crippen molar-refractivity contribution in [2.45, 2.75) is 44.2 Å². The van der Waals surface area contributed by atoms with Gasteiger partial charge in [0.25, 0.3) is 0 Å². The molecule has 0 bridgehead atoms. The van der Waals surface area contributed by atoms with Crippen LogP contribution in [-0.2, 0) is 4.79 Å². The van der Waals surface area contributed by atoms with E-state index in [-0.39, 0.29) is 18.6 Å². The minimum atomic E-state index is 0.0850. The van der Waals surface area contributed by atoms with Crippen molar-refractivity contribution in [2.24, 2.45) is 0 Å². The van der Waals surface area contributed by atoms with Gasteiger partial charge in [-0.1, -0.05) is 6.42 Å². The van der Waals surface area contributed by atoms with E-state index in [2.05, 4.69) is 4.90 Å². The zero-order valence-corrected chi connectivity index (χ0v) is 10.1. The summed E-state index contributed by atoms with van der Waals surface area (Å²) in [7, 11) is 1.88. The van der Waals surface area contributed by atoms with Crippen LogP contribution in [0, 0.1) is 0 Å². The average Bonchev–Trinajstić information content (AvgIpc) is 2.61. The topological polar surface area (TPSA) is 43.8 Å².